The van der Waals surface area contributed by atoms with Gasteiger partial charge in [-0.15, -0.1) is 0 Å². The minimum atomic E-state index is -3.52. The number of alkyl halides is 2. The highest BCUT2D eigenvalue weighted by Crippen LogP contribution is 2.44. The van der Waals surface area contributed by atoms with E-state index in [1.807, 2.05) is 0 Å². The summed E-state index contributed by atoms with van der Waals surface area (Å²) in [5, 5.41) is 0. The van der Waals surface area contributed by atoms with Crippen LogP contribution in [0.5, 0.6) is 0 Å². The van der Waals surface area contributed by atoms with Gasteiger partial charge in [0.25, 0.3) is 5.92 Å². The van der Waals surface area contributed by atoms with E-state index in [4.69, 9.17) is 5.73 Å². The molecule has 0 heterocycles. The molecule has 3 nitrogen and oxygen atoms in total. The van der Waals surface area contributed by atoms with Crippen molar-refractivity contribution in [3.63, 3.8) is 0 Å². The lowest BCUT2D eigenvalue weighted by Gasteiger charge is -2.16. The van der Waals surface area contributed by atoms with Crippen LogP contribution in [0, 0.1) is 0 Å². The number of nitrogens with two attached hydrogens (primary N) is 1. The Morgan fingerprint density at radius 1 is 1.44 bits per heavy atom. The Morgan fingerprint density at radius 3 is 2.62 bits per heavy atom. The van der Waals surface area contributed by atoms with E-state index < -0.39 is 28.2 Å². The van der Waals surface area contributed by atoms with Crippen LogP contribution in [0.4, 0.5) is 8.78 Å². The van der Waals surface area contributed by atoms with Crippen molar-refractivity contribution in [1.29, 1.82) is 0 Å². The van der Waals surface area contributed by atoms with Gasteiger partial charge >= 0.3 is 0 Å². The zero-order valence-corrected chi connectivity index (χ0v) is 9.39. The standard InChI is InChI=1S/C10H11F2NO2S/c1-16(14,15)7-4-2-3-6-5-10(11,12)9(13)8(6)7/h2-4,9H,5,13H2,1H3/t9-/m0/s1. The van der Waals surface area contributed by atoms with Crippen molar-refractivity contribution in [2.24, 2.45) is 5.73 Å². The molecule has 0 aromatic heterocycles. The molecule has 0 spiro atoms. The van der Waals surface area contributed by atoms with Crippen LogP contribution >= 0.6 is 0 Å². The molecule has 88 valence electrons. The second kappa shape index (κ2) is 3.24. The SMILES string of the molecule is CS(=O)(=O)c1cccc2c1[C@H](N)C(F)(F)C2. The Kier molecular flexibility index (Phi) is 2.32. The van der Waals surface area contributed by atoms with Crippen LogP contribution < -0.4 is 5.73 Å². The van der Waals surface area contributed by atoms with Crippen molar-refractivity contribution in [1.82, 2.24) is 0 Å². The Morgan fingerprint density at radius 2 is 2.06 bits per heavy atom. The molecule has 16 heavy (non-hydrogen) atoms. The Hall–Kier alpha value is -1.01. The number of hydrogen-bond acceptors (Lipinski definition) is 3. The molecular weight excluding hydrogens is 236 g/mol. The maximum atomic E-state index is 13.4. The van der Waals surface area contributed by atoms with Crippen LogP contribution in [0.3, 0.4) is 0 Å². The Bertz CT molecular complexity index is 540. The number of benzene rings is 1. The van der Waals surface area contributed by atoms with Gasteiger partial charge in [-0.1, -0.05) is 12.1 Å². The average molecular weight is 247 g/mol. The van der Waals surface area contributed by atoms with Crippen molar-refractivity contribution in [2.75, 3.05) is 6.26 Å². The van der Waals surface area contributed by atoms with E-state index in [2.05, 4.69) is 0 Å². The van der Waals surface area contributed by atoms with Gasteiger partial charge in [0.1, 0.15) is 0 Å². The molecular formula is C10H11F2NO2S. The first-order chi connectivity index (χ1) is 7.23. The van der Waals surface area contributed by atoms with E-state index in [1.165, 1.54) is 18.2 Å². The quantitative estimate of drug-likeness (QED) is 0.813. The number of fused-ring (bicyclic) bond motifs is 1. The molecule has 0 amide bonds. The smallest absolute Gasteiger partial charge is 0.271 e. The summed E-state index contributed by atoms with van der Waals surface area (Å²) in [5.74, 6) is -3.07. The lowest BCUT2D eigenvalue weighted by molar-refractivity contribution is -0.0139. The van der Waals surface area contributed by atoms with Gasteiger partial charge < -0.3 is 5.73 Å². The summed E-state index contributed by atoms with van der Waals surface area (Å²) >= 11 is 0. The summed E-state index contributed by atoms with van der Waals surface area (Å²) in [6.45, 7) is 0. The molecule has 1 aliphatic rings. The lowest BCUT2D eigenvalue weighted by Crippen LogP contribution is -2.29. The highest BCUT2D eigenvalue weighted by molar-refractivity contribution is 7.90. The Balaban J connectivity index is 2.70. The van der Waals surface area contributed by atoms with E-state index in [1.54, 1.807) is 0 Å². The largest absolute Gasteiger partial charge is 0.319 e. The molecule has 1 atom stereocenters. The predicted molar refractivity (Wildman–Crippen MR) is 55.1 cm³/mol. The van der Waals surface area contributed by atoms with Crippen LogP contribution in [0.1, 0.15) is 17.2 Å². The topological polar surface area (TPSA) is 60.2 Å². The molecule has 0 saturated heterocycles. The van der Waals surface area contributed by atoms with Gasteiger partial charge in [0.2, 0.25) is 0 Å². The van der Waals surface area contributed by atoms with E-state index in [0.717, 1.165) is 6.26 Å². The minimum Gasteiger partial charge on any atom is -0.319 e. The molecule has 0 bridgehead atoms. The summed E-state index contributed by atoms with van der Waals surface area (Å²) in [5.41, 5.74) is 5.79. The van der Waals surface area contributed by atoms with Crippen molar-refractivity contribution in [3.05, 3.63) is 29.3 Å². The minimum absolute atomic E-state index is 0.0648. The number of rotatable bonds is 1. The van der Waals surface area contributed by atoms with E-state index in [0.29, 0.717) is 5.56 Å². The molecule has 6 heteroatoms. The molecule has 0 fully saturated rings. The second-order valence-electron chi connectivity index (χ2n) is 4.02. The third-order valence-corrected chi connectivity index (χ3v) is 3.90. The Labute approximate surface area is 92.2 Å². The summed E-state index contributed by atoms with van der Waals surface area (Å²) in [4.78, 5) is -0.0883. The van der Waals surface area contributed by atoms with E-state index in [-0.39, 0.29) is 10.5 Å². The molecule has 2 rings (SSSR count). The number of hydrogen-bond donors (Lipinski definition) is 1. The summed E-state index contributed by atoms with van der Waals surface area (Å²) in [6.07, 6.45) is 0.499. The summed E-state index contributed by atoms with van der Waals surface area (Å²) < 4.78 is 49.7. The van der Waals surface area contributed by atoms with Gasteiger partial charge in [0, 0.05) is 12.7 Å². The first-order valence-electron chi connectivity index (χ1n) is 4.69. The van der Waals surface area contributed by atoms with Crippen LogP contribution in [-0.2, 0) is 16.3 Å². The molecule has 0 radical (unpaired) electrons. The summed E-state index contributed by atoms with van der Waals surface area (Å²) in [7, 11) is -3.52. The van der Waals surface area contributed by atoms with E-state index >= 15 is 0 Å². The first-order valence-corrected chi connectivity index (χ1v) is 6.58. The predicted octanol–water partition coefficient (Wildman–Crippen LogP) is 1.28. The van der Waals surface area contributed by atoms with Crippen molar-refractivity contribution in [2.45, 2.75) is 23.3 Å². The fraction of sp³-hybridized carbons (Fsp3) is 0.400. The molecule has 2 N–H and O–H groups in total. The van der Waals surface area contributed by atoms with Gasteiger partial charge in [0.15, 0.2) is 9.84 Å². The maximum Gasteiger partial charge on any atom is 0.271 e. The number of sulfone groups is 1. The lowest BCUT2D eigenvalue weighted by atomic mass is 10.1. The third-order valence-electron chi connectivity index (χ3n) is 2.75. The van der Waals surface area contributed by atoms with Gasteiger partial charge in [0.05, 0.1) is 10.9 Å². The van der Waals surface area contributed by atoms with Crippen molar-refractivity contribution < 1.29 is 17.2 Å². The van der Waals surface area contributed by atoms with Crippen molar-refractivity contribution >= 4 is 9.84 Å². The third kappa shape index (κ3) is 1.62. The fourth-order valence-electron chi connectivity index (χ4n) is 1.99. The van der Waals surface area contributed by atoms with Gasteiger partial charge in [-0.3, -0.25) is 0 Å². The molecule has 0 saturated carbocycles. The van der Waals surface area contributed by atoms with Crippen LogP contribution in [0.2, 0.25) is 0 Å². The molecule has 1 aliphatic carbocycles. The van der Waals surface area contributed by atoms with Crippen LogP contribution in [0.15, 0.2) is 23.1 Å². The first kappa shape index (κ1) is 11.5. The molecule has 0 unspecified atom stereocenters. The average Bonchev–Trinajstić information content (AvgIpc) is 2.36. The summed E-state index contributed by atoms with van der Waals surface area (Å²) in [6, 6.07) is 2.73. The fourth-order valence-corrected chi connectivity index (χ4v) is 2.98. The van der Waals surface area contributed by atoms with Crippen LogP contribution in [0.25, 0.3) is 0 Å². The zero-order valence-electron chi connectivity index (χ0n) is 8.57. The highest BCUT2D eigenvalue weighted by atomic mass is 32.2. The van der Waals surface area contributed by atoms with Gasteiger partial charge in [-0.05, 0) is 17.2 Å². The van der Waals surface area contributed by atoms with Crippen molar-refractivity contribution in [3.8, 4) is 0 Å². The van der Waals surface area contributed by atoms with Gasteiger partial charge in [-0.2, -0.15) is 0 Å². The zero-order chi connectivity index (χ0) is 12.1. The van der Waals surface area contributed by atoms with E-state index in [9.17, 15) is 17.2 Å². The molecule has 1 aromatic carbocycles. The van der Waals surface area contributed by atoms with Gasteiger partial charge in [-0.25, -0.2) is 17.2 Å². The number of halogens is 2. The molecule has 1 aromatic rings. The highest BCUT2D eigenvalue weighted by Gasteiger charge is 2.47. The molecule has 0 aliphatic heterocycles. The van der Waals surface area contributed by atoms with Crippen LogP contribution in [-0.4, -0.2) is 20.6 Å². The maximum absolute atomic E-state index is 13.4. The second-order valence-corrected chi connectivity index (χ2v) is 6.00. The normalized spacial score (nSPS) is 23.1. The monoisotopic (exact) mass is 247 g/mol.